The van der Waals surface area contributed by atoms with Gasteiger partial charge in [0.05, 0.1) is 5.52 Å². The summed E-state index contributed by atoms with van der Waals surface area (Å²) in [4.78, 5) is 2.20. The van der Waals surface area contributed by atoms with Gasteiger partial charge >= 0.3 is 0 Å². The zero-order valence-electron chi connectivity index (χ0n) is 9.14. The number of aromatic nitrogens is 1. The van der Waals surface area contributed by atoms with E-state index in [-0.39, 0.29) is 0 Å². The molecule has 0 radical (unpaired) electrons. The molecule has 2 aromatic rings. The third-order valence-electron chi connectivity index (χ3n) is 2.60. The van der Waals surface area contributed by atoms with Gasteiger partial charge < -0.3 is 4.90 Å². The van der Waals surface area contributed by atoms with E-state index >= 15 is 0 Å². The van der Waals surface area contributed by atoms with E-state index in [1.165, 1.54) is 16.5 Å². The minimum atomic E-state index is 1.07. The van der Waals surface area contributed by atoms with Crippen LogP contribution >= 0.6 is 12.8 Å². The van der Waals surface area contributed by atoms with Crippen LogP contribution in [0.15, 0.2) is 30.5 Å². The third-order valence-corrected chi connectivity index (χ3v) is 2.93. The Morgan fingerprint density at radius 2 is 2.00 bits per heavy atom. The Bertz CT molecular complexity index is 460. The number of nitrogens with zero attached hydrogens (tertiary/aromatic N) is 2. The summed E-state index contributed by atoms with van der Waals surface area (Å²) in [6.45, 7) is 1.07. The average Bonchev–Trinajstić information content (AvgIpc) is 2.54. The first-order chi connectivity index (χ1) is 7.18. The number of fused-ring (bicyclic) bond motifs is 1. The van der Waals surface area contributed by atoms with Crippen molar-refractivity contribution in [2.45, 2.75) is 6.42 Å². The molecule has 3 heteroatoms. The number of hydrogen-bond donors (Lipinski definition) is 1. The van der Waals surface area contributed by atoms with Crippen molar-refractivity contribution in [3.05, 3.63) is 36.0 Å². The van der Waals surface area contributed by atoms with E-state index in [2.05, 4.69) is 56.2 Å². The number of likely N-dealkylation sites (N-methyl/N-ethyl adjacent to an activating group) is 1. The molecule has 80 valence electrons. The second-order valence-electron chi connectivity index (χ2n) is 4.07. The first kappa shape index (κ1) is 10.6. The largest absolute Gasteiger partial charge is 0.309 e. The van der Waals surface area contributed by atoms with Crippen LogP contribution in [-0.4, -0.2) is 29.5 Å². The smallest absolute Gasteiger partial charge is 0.0591 e. The van der Waals surface area contributed by atoms with Crippen LogP contribution in [0.5, 0.6) is 0 Å². The summed E-state index contributed by atoms with van der Waals surface area (Å²) in [7, 11) is 4.19. The van der Waals surface area contributed by atoms with Crippen LogP contribution in [0.2, 0.25) is 0 Å². The lowest BCUT2D eigenvalue weighted by molar-refractivity contribution is 0.414. The van der Waals surface area contributed by atoms with E-state index in [9.17, 15) is 0 Å². The summed E-state index contributed by atoms with van der Waals surface area (Å²) in [6.07, 6.45) is 3.18. The van der Waals surface area contributed by atoms with Crippen LogP contribution in [-0.2, 0) is 6.42 Å². The van der Waals surface area contributed by atoms with Gasteiger partial charge in [-0.15, -0.1) is 0 Å². The SMILES string of the molecule is CN(C)CCc1cn(S)c2ccccc12. The number of hydrogen-bond acceptors (Lipinski definition) is 2. The van der Waals surface area contributed by atoms with Crippen LogP contribution in [0.25, 0.3) is 10.9 Å². The molecule has 0 spiro atoms. The number of rotatable bonds is 3. The molecule has 15 heavy (non-hydrogen) atoms. The Morgan fingerprint density at radius 3 is 2.73 bits per heavy atom. The summed E-state index contributed by atoms with van der Waals surface area (Å²) < 4.78 is 1.90. The standard InChI is InChI=1S/C12H16N2S/c1-13(2)8-7-10-9-14(15)12-6-4-3-5-11(10)12/h3-6,9,15H,7-8H2,1-2H3. The summed E-state index contributed by atoms with van der Waals surface area (Å²) in [5.41, 5.74) is 2.56. The van der Waals surface area contributed by atoms with Crippen molar-refractivity contribution in [1.29, 1.82) is 0 Å². The van der Waals surface area contributed by atoms with Crippen LogP contribution in [0, 0.1) is 0 Å². The highest BCUT2D eigenvalue weighted by Gasteiger charge is 2.05. The fourth-order valence-electron chi connectivity index (χ4n) is 1.77. The summed E-state index contributed by atoms with van der Waals surface area (Å²) in [5, 5.41) is 1.31. The average molecular weight is 220 g/mol. The molecule has 0 aliphatic rings. The lowest BCUT2D eigenvalue weighted by atomic mass is 10.1. The number of benzene rings is 1. The van der Waals surface area contributed by atoms with Gasteiger partial charge in [0, 0.05) is 18.1 Å². The Labute approximate surface area is 96.0 Å². The van der Waals surface area contributed by atoms with Gasteiger partial charge in [-0.05, 0) is 32.1 Å². The van der Waals surface area contributed by atoms with Crippen molar-refractivity contribution in [3.8, 4) is 0 Å². The maximum atomic E-state index is 4.42. The lowest BCUT2D eigenvalue weighted by Gasteiger charge is -2.07. The van der Waals surface area contributed by atoms with E-state index < -0.39 is 0 Å². The van der Waals surface area contributed by atoms with E-state index in [4.69, 9.17) is 0 Å². The van der Waals surface area contributed by atoms with Gasteiger partial charge in [0.25, 0.3) is 0 Å². The molecule has 0 bridgehead atoms. The first-order valence-corrected chi connectivity index (χ1v) is 5.51. The molecule has 2 rings (SSSR count). The summed E-state index contributed by atoms with van der Waals surface area (Å²) in [5.74, 6) is 0. The maximum Gasteiger partial charge on any atom is 0.0591 e. The van der Waals surface area contributed by atoms with Crippen molar-refractivity contribution in [3.63, 3.8) is 0 Å². The van der Waals surface area contributed by atoms with Gasteiger partial charge in [-0.2, -0.15) is 0 Å². The predicted octanol–water partition coefficient (Wildman–Crippen LogP) is 2.44. The van der Waals surface area contributed by atoms with Crippen molar-refractivity contribution < 1.29 is 0 Å². The van der Waals surface area contributed by atoms with E-state index in [1.54, 1.807) is 0 Å². The fraction of sp³-hybridized carbons (Fsp3) is 0.333. The van der Waals surface area contributed by atoms with Gasteiger partial charge in [0.2, 0.25) is 0 Å². The topological polar surface area (TPSA) is 8.17 Å². The van der Waals surface area contributed by atoms with Gasteiger partial charge in [0.1, 0.15) is 0 Å². The fourth-order valence-corrected chi connectivity index (χ4v) is 2.09. The molecule has 1 aromatic carbocycles. The minimum absolute atomic E-state index is 1.07. The normalized spacial score (nSPS) is 11.5. The van der Waals surface area contributed by atoms with Gasteiger partial charge in [-0.1, -0.05) is 31.0 Å². The molecule has 0 amide bonds. The molecule has 2 nitrogen and oxygen atoms in total. The second-order valence-corrected chi connectivity index (χ2v) is 4.50. The van der Waals surface area contributed by atoms with E-state index in [0.717, 1.165) is 13.0 Å². The minimum Gasteiger partial charge on any atom is -0.309 e. The molecule has 0 saturated carbocycles. The van der Waals surface area contributed by atoms with Gasteiger partial charge in [-0.25, -0.2) is 0 Å². The number of para-hydroxylation sites is 1. The van der Waals surface area contributed by atoms with Crippen LogP contribution in [0.1, 0.15) is 5.56 Å². The highest BCUT2D eigenvalue weighted by Crippen LogP contribution is 2.22. The molecule has 1 heterocycles. The Balaban J connectivity index is 2.35. The van der Waals surface area contributed by atoms with Crippen LogP contribution in [0.3, 0.4) is 0 Å². The Hall–Kier alpha value is -0.930. The highest BCUT2D eigenvalue weighted by atomic mass is 32.1. The zero-order valence-corrected chi connectivity index (χ0v) is 10.0. The zero-order chi connectivity index (χ0) is 10.8. The summed E-state index contributed by atoms with van der Waals surface area (Å²) >= 11 is 4.42. The first-order valence-electron chi connectivity index (χ1n) is 5.11. The monoisotopic (exact) mass is 220 g/mol. The molecule has 0 aliphatic carbocycles. The van der Waals surface area contributed by atoms with Crippen molar-refractivity contribution in [1.82, 2.24) is 8.87 Å². The molecule has 0 atom stereocenters. The van der Waals surface area contributed by atoms with Crippen LogP contribution < -0.4 is 0 Å². The molecule has 0 unspecified atom stereocenters. The molecular weight excluding hydrogens is 204 g/mol. The molecular formula is C12H16N2S. The van der Waals surface area contributed by atoms with Crippen LogP contribution in [0.4, 0.5) is 0 Å². The molecule has 1 aromatic heterocycles. The summed E-state index contributed by atoms with van der Waals surface area (Å²) in [6, 6.07) is 8.38. The Kier molecular flexibility index (Phi) is 3.03. The van der Waals surface area contributed by atoms with Crippen molar-refractivity contribution in [2.24, 2.45) is 0 Å². The molecule has 0 aliphatic heterocycles. The third kappa shape index (κ3) is 2.19. The van der Waals surface area contributed by atoms with Gasteiger partial charge in [-0.3, -0.25) is 3.97 Å². The lowest BCUT2D eigenvalue weighted by Crippen LogP contribution is -2.14. The molecule has 0 fully saturated rings. The second kappa shape index (κ2) is 4.29. The van der Waals surface area contributed by atoms with Crippen molar-refractivity contribution in [2.75, 3.05) is 20.6 Å². The van der Waals surface area contributed by atoms with Gasteiger partial charge in [0.15, 0.2) is 0 Å². The maximum absolute atomic E-state index is 4.42. The molecule has 0 saturated heterocycles. The molecule has 0 N–H and O–H groups in total. The Morgan fingerprint density at radius 1 is 1.27 bits per heavy atom. The number of thiol groups is 1. The van der Waals surface area contributed by atoms with Crippen molar-refractivity contribution >= 4 is 23.7 Å². The highest BCUT2D eigenvalue weighted by molar-refractivity contribution is 7.78. The quantitative estimate of drug-likeness (QED) is 0.781. The van der Waals surface area contributed by atoms with E-state index in [0.29, 0.717) is 0 Å². The predicted molar refractivity (Wildman–Crippen MR) is 68.6 cm³/mol. The van der Waals surface area contributed by atoms with E-state index in [1.807, 2.05) is 10.0 Å².